The van der Waals surface area contributed by atoms with Crippen molar-refractivity contribution in [1.29, 1.82) is 0 Å². The van der Waals surface area contributed by atoms with Crippen molar-refractivity contribution in [2.75, 3.05) is 4.90 Å². The van der Waals surface area contributed by atoms with Gasteiger partial charge in [0.05, 0.1) is 5.69 Å². The Balaban J connectivity index is 1.13. The van der Waals surface area contributed by atoms with Gasteiger partial charge in [-0.15, -0.1) is 0 Å². The van der Waals surface area contributed by atoms with Crippen LogP contribution in [0.2, 0.25) is 0 Å². The van der Waals surface area contributed by atoms with E-state index in [0.717, 1.165) is 17.8 Å². The maximum atomic E-state index is 2.56. The van der Waals surface area contributed by atoms with Crippen LogP contribution in [-0.2, 0) is 5.41 Å². The molecule has 6 aromatic rings. The van der Waals surface area contributed by atoms with Crippen LogP contribution in [0.1, 0.15) is 106 Å². The summed E-state index contributed by atoms with van der Waals surface area (Å²) in [5.41, 5.74) is 17.2. The van der Waals surface area contributed by atoms with E-state index >= 15 is 0 Å². The van der Waals surface area contributed by atoms with Crippen molar-refractivity contribution >= 4 is 17.1 Å². The zero-order chi connectivity index (χ0) is 35.5. The molecule has 0 aromatic heterocycles. The second-order valence-electron chi connectivity index (χ2n) is 17.2. The second-order valence-corrected chi connectivity index (χ2v) is 17.2. The molecule has 0 amide bonds. The van der Waals surface area contributed by atoms with Crippen LogP contribution in [0, 0.1) is 11.8 Å². The van der Waals surface area contributed by atoms with E-state index in [4.69, 9.17) is 0 Å². The molecule has 4 aliphatic carbocycles. The van der Waals surface area contributed by atoms with Gasteiger partial charge in [0, 0.05) is 22.4 Å². The van der Waals surface area contributed by atoms with Crippen molar-refractivity contribution in [3.8, 4) is 33.4 Å². The molecule has 0 N–H and O–H groups in total. The van der Waals surface area contributed by atoms with Crippen LogP contribution in [0.5, 0.6) is 0 Å². The lowest BCUT2D eigenvalue weighted by molar-refractivity contribution is 0.420. The molecule has 0 saturated heterocycles. The SMILES string of the molecule is CC1(C)c2cc(-c3ccccc3)ccc2-c2cc(-c3ccccc3)c(N(c3ccc(C4CCCCC4)cc3)c3ccc(C4CC5CCC4C5)cc3)cc21. The van der Waals surface area contributed by atoms with Gasteiger partial charge in [-0.25, -0.2) is 0 Å². The van der Waals surface area contributed by atoms with E-state index in [1.54, 1.807) is 0 Å². The number of nitrogens with zero attached hydrogens (tertiary/aromatic N) is 1. The predicted octanol–water partition coefficient (Wildman–Crippen LogP) is 14.7. The molecule has 0 aliphatic heterocycles. The molecule has 3 saturated carbocycles. The van der Waals surface area contributed by atoms with Gasteiger partial charge in [-0.1, -0.05) is 137 Å². The van der Waals surface area contributed by atoms with Crippen LogP contribution in [0.4, 0.5) is 17.1 Å². The summed E-state index contributed by atoms with van der Waals surface area (Å²) < 4.78 is 0. The van der Waals surface area contributed by atoms with Gasteiger partial charge >= 0.3 is 0 Å². The Morgan fingerprint density at radius 3 is 1.77 bits per heavy atom. The van der Waals surface area contributed by atoms with Crippen molar-refractivity contribution in [3.05, 3.63) is 162 Å². The van der Waals surface area contributed by atoms with E-state index in [2.05, 4.69) is 158 Å². The van der Waals surface area contributed by atoms with Gasteiger partial charge in [0.2, 0.25) is 0 Å². The maximum absolute atomic E-state index is 2.56. The topological polar surface area (TPSA) is 3.24 Å². The third-order valence-corrected chi connectivity index (χ3v) is 13.8. The molecule has 10 rings (SSSR count). The van der Waals surface area contributed by atoms with Crippen LogP contribution in [0.15, 0.2) is 140 Å². The molecule has 0 spiro atoms. The lowest BCUT2D eigenvalue weighted by atomic mass is 9.80. The summed E-state index contributed by atoms with van der Waals surface area (Å²) in [4.78, 5) is 2.56. The molecule has 0 heterocycles. The number of fused-ring (bicyclic) bond motifs is 5. The van der Waals surface area contributed by atoms with Gasteiger partial charge in [0.25, 0.3) is 0 Å². The van der Waals surface area contributed by atoms with E-state index < -0.39 is 0 Å². The Labute approximate surface area is 316 Å². The zero-order valence-electron chi connectivity index (χ0n) is 31.4. The summed E-state index contributed by atoms with van der Waals surface area (Å²) >= 11 is 0. The number of hydrogen-bond donors (Lipinski definition) is 0. The molecule has 2 bridgehead atoms. The summed E-state index contributed by atoms with van der Waals surface area (Å²) in [5, 5.41) is 0. The van der Waals surface area contributed by atoms with Gasteiger partial charge in [0.1, 0.15) is 0 Å². The summed E-state index contributed by atoms with van der Waals surface area (Å²) in [6.45, 7) is 4.84. The molecule has 264 valence electrons. The van der Waals surface area contributed by atoms with Crippen molar-refractivity contribution in [1.82, 2.24) is 0 Å². The molecule has 6 aromatic carbocycles. The lowest BCUT2D eigenvalue weighted by Crippen LogP contribution is -2.17. The quantitative estimate of drug-likeness (QED) is 0.161. The van der Waals surface area contributed by atoms with Crippen molar-refractivity contribution < 1.29 is 0 Å². The van der Waals surface area contributed by atoms with Gasteiger partial charge in [-0.2, -0.15) is 0 Å². The predicted molar refractivity (Wildman–Crippen MR) is 224 cm³/mol. The molecule has 53 heavy (non-hydrogen) atoms. The van der Waals surface area contributed by atoms with Crippen molar-refractivity contribution in [3.63, 3.8) is 0 Å². The molecule has 1 heteroatoms. The van der Waals surface area contributed by atoms with Crippen LogP contribution in [-0.4, -0.2) is 0 Å². The Bertz CT molecular complexity index is 2240. The molecule has 0 radical (unpaired) electrons. The lowest BCUT2D eigenvalue weighted by Gasteiger charge is -2.31. The third kappa shape index (κ3) is 5.75. The van der Waals surface area contributed by atoms with E-state index in [0.29, 0.717) is 5.92 Å². The van der Waals surface area contributed by atoms with Crippen molar-refractivity contribution in [2.45, 2.75) is 88.9 Å². The summed E-state index contributed by atoms with van der Waals surface area (Å²) in [5.74, 6) is 3.24. The summed E-state index contributed by atoms with van der Waals surface area (Å²) in [6, 6.07) is 53.5. The maximum Gasteiger partial charge on any atom is 0.0543 e. The molecule has 3 unspecified atom stereocenters. The second kappa shape index (κ2) is 13.2. The minimum atomic E-state index is -0.151. The zero-order valence-corrected chi connectivity index (χ0v) is 31.4. The highest BCUT2D eigenvalue weighted by molar-refractivity contribution is 5.95. The fraction of sp³-hybridized carbons (Fsp3) is 0.308. The monoisotopic (exact) mass is 689 g/mol. The summed E-state index contributed by atoms with van der Waals surface area (Å²) in [7, 11) is 0. The largest absolute Gasteiger partial charge is 0.310 e. The highest BCUT2D eigenvalue weighted by Crippen LogP contribution is 2.55. The smallest absolute Gasteiger partial charge is 0.0543 e. The van der Waals surface area contributed by atoms with E-state index in [1.807, 2.05) is 0 Å². The molecular formula is C52H51N. The van der Waals surface area contributed by atoms with Crippen LogP contribution in [0.25, 0.3) is 33.4 Å². The average molecular weight is 690 g/mol. The first-order valence-corrected chi connectivity index (χ1v) is 20.5. The molecule has 3 atom stereocenters. The number of hydrogen-bond acceptors (Lipinski definition) is 1. The van der Waals surface area contributed by atoms with Crippen LogP contribution < -0.4 is 4.90 Å². The number of rotatable bonds is 7. The van der Waals surface area contributed by atoms with Gasteiger partial charge < -0.3 is 4.90 Å². The Morgan fingerprint density at radius 1 is 0.491 bits per heavy atom. The van der Waals surface area contributed by atoms with Crippen LogP contribution >= 0.6 is 0 Å². The summed E-state index contributed by atoms with van der Waals surface area (Å²) in [6.07, 6.45) is 12.4. The standard InChI is InChI=1S/C52H51N/c1-52(2)49-32-41(37-14-8-4-9-15-37)24-29-45(49)48-33-47(39-16-10-5-11-17-39)51(34-50(48)52)53(43-25-20-38(21-26-43)36-12-6-3-7-13-36)44-27-22-40(23-28-44)46-31-35-18-19-42(46)30-35/h4-5,8-11,14-17,20-29,32-36,42,46H,3,6-7,12-13,18-19,30-31H2,1-2H3. The number of benzene rings is 6. The van der Waals surface area contributed by atoms with Gasteiger partial charge in [0.15, 0.2) is 0 Å². The fourth-order valence-electron chi connectivity index (χ4n) is 10.9. The van der Waals surface area contributed by atoms with Crippen molar-refractivity contribution in [2.24, 2.45) is 11.8 Å². The Morgan fingerprint density at radius 2 is 1.13 bits per heavy atom. The molecule has 3 fully saturated rings. The first-order chi connectivity index (χ1) is 26.0. The average Bonchev–Trinajstić information content (AvgIpc) is 3.92. The first-order valence-electron chi connectivity index (χ1n) is 20.5. The van der Waals surface area contributed by atoms with E-state index in [9.17, 15) is 0 Å². The Kier molecular flexibility index (Phi) is 8.16. The Hall–Kier alpha value is -4.88. The van der Waals surface area contributed by atoms with Gasteiger partial charge in [-0.05, 0) is 148 Å². The number of anilines is 3. The molecule has 4 aliphatic rings. The normalized spacial score (nSPS) is 21.4. The highest BCUT2D eigenvalue weighted by Gasteiger charge is 2.40. The fourth-order valence-corrected chi connectivity index (χ4v) is 10.9. The van der Waals surface area contributed by atoms with Gasteiger partial charge in [-0.3, -0.25) is 0 Å². The molecule has 1 nitrogen and oxygen atoms in total. The van der Waals surface area contributed by atoms with E-state index in [-0.39, 0.29) is 5.41 Å². The minimum absolute atomic E-state index is 0.151. The highest BCUT2D eigenvalue weighted by atomic mass is 15.1. The molecular weight excluding hydrogens is 639 g/mol. The van der Waals surface area contributed by atoms with Crippen LogP contribution in [0.3, 0.4) is 0 Å². The first kappa shape index (κ1) is 32.7. The van der Waals surface area contributed by atoms with E-state index in [1.165, 1.54) is 130 Å². The minimum Gasteiger partial charge on any atom is -0.310 e. The third-order valence-electron chi connectivity index (χ3n) is 13.8.